The normalized spacial score (nSPS) is 10.3. The zero-order valence-corrected chi connectivity index (χ0v) is 15.6. The lowest BCUT2D eigenvalue weighted by Gasteiger charge is -2.11. The first-order valence-electron chi connectivity index (χ1n) is 8.14. The van der Waals surface area contributed by atoms with Crippen LogP contribution in [0.15, 0.2) is 77.3 Å². The summed E-state index contributed by atoms with van der Waals surface area (Å²) in [6.07, 6.45) is 0. The summed E-state index contributed by atoms with van der Waals surface area (Å²) in [6, 6.07) is 22.7. The standard InChI is InChI=1S/C21H18BrNO3/c22-19-12-16(13-23-18-9-7-17(8-10-18)21(24)25)6-11-20(19)26-14-15-4-2-1-3-5-15/h1-12,23H,13-14H2,(H,24,25). The van der Waals surface area contributed by atoms with Crippen LogP contribution in [0.25, 0.3) is 0 Å². The van der Waals surface area contributed by atoms with E-state index < -0.39 is 5.97 Å². The smallest absolute Gasteiger partial charge is 0.335 e. The fourth-order valence-electron chi connectivity index (χ4n) is 2.44. The Kier molecular flexibility index (Phi) is 5.92. The summed E-state index contributed by atoms with van der Waals surface area (Å²) >= 11 is 3.55. The Labute approximate surface area is 160 Å². The van der Waals surface area contributed by atoms with Crippen molar-refractivity contribution in [2.75, 3.05) is 5.32 Å². The van der Waals surface area contributed by atoms with E-state index in [0.717, 1.165) is 27.0 Å². The molecule has 3 aromatic carbocycles. The Bertz CT molecular complexity index is 880. The van der Waals surface area contributed by atoms with E-state index in [2.05, 4.69) is 21.2 Å². The number of hydrogen-bond donors (Lipinski definition) is 2. The van der Waals surface area contributed by atoms with Gasteiger partial charge in [-0.3, -0.25) is 0 Å². The van der Waals surface area contributed by atoms with E-state index in [1.807, 2.05) is 48.5 Å². The van der Waals surface area contributed by atoms with E-state index >= 15 is 0 Å². The maximum absolute atomic E-state index is 10.9. The maximum atomic E-state index is 10.9. The lowest BCUT2D eigenvalue weighted by Crippen LogP contribution is -2.01. The van der Waals surface area contributed by atoms with Crippen molar-refractivity contribution in [2.45, 2.75) is 13.2 Å². The van der Waals surface area contributed by atoms with Gasteiger partial charge in [0.2, 0.25) is 0 Å². The Balaban J connectivity index is 1.57. The van der Waals surface area contributed by atoms with Crippen LogP contribution in [0.3, 0.4) is 0 Å². The molecule has 3 aromatic rings. The van der Waals surface area contributed by atoms with E-state index in [9.17, 15) is 4.79 Å². The summed E-state index contributed by atoms with van der Waals surface area (Å²) < 4.78 is 6.75. The lowest BCUT2D eigenvalue weighted by molar-refractivity contribution is 0.0697. The highest BCUT2D eigenvalue weighted by Crippen LogP contribution is 2.27. The zero-order valence-electron chi connectivity index (χ0n) is 14.0. The number of carboxylic acids is 1. The van der Waals surface area contributed by atoms with Gasteiger partial charge >= 0.3 is 5.97 Å². The molecule has 0 heterocycles. The van der Waals surface area contributed by atoms with Gasteiger partial charge in [-0.25, -0.2) is 4.79 Å². The highest BCUT2D eigenvalue weighted by atomic mass is 79.9. The van der Waals surface area contributed by atoms with Gasteiger partial charge in [-0.15, -0.1) is 0 Å². The predicted molar refractivity (Wildman–Crippen MR) is 106 cm³/mol. The minimum Gasteiger partial charge on any atom is -0.488 e. The Morgan fingerprint density at radius 3 is 2.35 bits per heavy atom. The highest BCUT2D eigenvalue weighted by Gasteiger charge is 2.05. The largest absolute Gasteiger partial charge is 0.488 e. The van der Waals surface area contributed by atoms with Gasteiger partial charge in [-0.1, -0.05) is 36.4 Å². The second-order valence-corrected chi connectivity index (χ2v) is 6.63. The number of halogens is 1. The molecule has 4 nitrogen and oxygen atoms in total. The van der Waals surface area contributed by atoms with E-state index in [0.29, 0.717) is 13.2 Å². The van der Waals surface area contributed by atoms with E-state index in [1.165, 1.54) is 0 Å². The van der Waals surface area contributed by atoms with Crippen molar-refractivity contribution in [1.29, 1.82) is 0 Å². The number of anilines is 1. The van der Waals surface area contributed by atoms with Crippen LogP contribution >= 0.6 is 15.9 Å². The molecule has 0 saturated carbocycles. The minimum absolute atomic E-state index is 0.276. The van der Waals surface area contributed by atoms with E-state index in [1.54, 1.807) is 24.3 Å². The van der Waals surface area contributed by atoms with Gasteiger partial charge in [0.05, 0.1) is 10.0 Å². The number of ether oxygens (including phenoxy) is 1. The molecule has 0 aromatic heterocycles. The summed E-state index contributed by atoms with van der Waals surface area (Å²) in [5, 5.41) is 12.2. The Morgan fingerprint density at radius 1 is 0.962 bits per heavy atom. The summed E-state index contributed by atoms with van der Waals surface area (Å²) in [7, 11) is 0. The molecule has 0 aliphatic rings. The molecular weight excluding hydrogens is 394 g/mol. The molecule has 0 spiro atoms. The fraction of sp³-hybridized carbons (Fsp3) is 0.0952. The van der Waals surface area contributed by atoms with Crippen LogP contribution in [0, 0.1) is 0 Å². The summed E-state index contributed by atoms with van der Waals surface area (Å²) in [5.41, 5.74) is 3.36. The minimum atomic E-state index is -0.924. The summed E-state index contributed by atoms with van der Waals surface area (Å²) in [4.78, 5) is 10.9. The van der Waals surface area contributed by atoms with Crippen molar-refractivity contribution < 1.29 is 14.6 Å². The van der Waals surface area contributed by atoms with Gasteiger partial charge in [0.25, 0.3) is 0 Å². The van der Waals surface area contributed by atoms with Crippen molar-refractivity contribution in [1.82, 2.24) is 0 Å². The van der Waals surface area contributed by atoms with Gasteiger partial charge in [-0.2, -0.15) is 0 Å². The van der Waals surface area contributed by atoms with Gasteiger partial charge in [0.15, 0.2) is 0 Å². The molecule has 132 valence electrons. The summed E-state index contributed by atoms with van der Waals surface area (Å²) in [5.74, 6) is -0.130. The van der Waals surface area contributed by atoms with Gasteiger partial charge in [0, 0.05) is 12.2 Å². The third-order valence-electron chi connectivity index (χ3n) is 3.86. The molecule has 0 aliphatic heterocycles. The highest BCUT2D eigenvalue weighted by molar-refractivity contribution is 9.10. The number of rotatable bonds is 7. The van der Waals surface area contributed by atoms with Crippen molar-refractivity contribution in [2.24, 2.45) is 0 Å². The molecule has 0 radical (unpaired) electrons. The van der Waals surface area contributed by atoms with Crippen LogP contribution in [0.5, 0.6) is 5.75 Å². The third-order valence-corrected chi connectivity index (χ3v) is 4.48. The van der Waals surface area contributed by atoms with E-state index in [-0.39, 0.29) is 5.56 Å². The third kappa shape index (κ3) is 4.86. The molecule has 0 unspecified atom stereocenters. The van der Waals surface area contributed by atoms with Crippen LogP contribution in [-0.2, 0) is 13.2 Å². The molecule has 3 rings (SSSR count). The molecule has 26 heavy (non-hydrogen) atoms. The number of carbonyl (C=O) groups is 1. The molecule has 0 saturated heterocycles. The monoisotopic (exact) mass is 411 g/mol. The average Bonchev–Trinajstić information content (AvgIpc) is 2.67. The Morgan fingerprint density at radius 2 is 1.69 bits per heavy atom. The average molecular weight is 412 g/mol. The molecule has 0 fully saturated rings. The van der Waals surface area contributed by atoms with E-state index in [4.69, 9.17) is 9.84 Å². The lowest BCUT2D eigenvalue weighted by atomic mass is 10.2. The van der Waals surface area contributed by atoms with Crippen molar-refractivity contribution in [3.63, 3.8) is 0 Å². The van der Waals surface area contributed by atoms with Gasteiger partial charge < -0.3 is 15.2 Å². The quantitative estimate of drug-likeness (QED) is 0.550. The number of benzene rings is 3. The second kappa shape index (κ2) is 8.54. The maximum Gasteiger partial charge on any atom is 0.335 e. The zero-order chi connectivity index (χ0) is 18.4. The predicted octanol–water partition coefficient (Wildman–Crippen LogP) is 5.34. The van der Waals surface area contributed by atoms with Crippen LogP contribution in [0.2, 0.25) is 0 Å². The second-order valence-electron chi connectivity index (χ2n) is 5.78. The van der Waals surface area contributed by atoms with Crippen molar-refractivity contribution >= 4 is 27.6 Å². The number of carboxylic acid groups (broad SMARTS) is 1. The van der Waals surface area contributed by atoms with Crippen molar-refractivity contribution in [3.8, 4) is 5.75 Å². The first kappa shape index (κ1) is 18.0. The first-order valence-corrected chi connectivity index (χ1v) is 8.93. The van der Waals surface area contributed by atoms with Gasteiger partial charge in [0.1, 0.15) is 12.4 Å². The molecular formula is C21H18BrNO3. The molecule has 0 aliphatic carbocycles. The van der Waals surface area contributed by atoms with Crippen molar-refractivity contribution in [3.05, 3.63) is 94.0 Å². The number of nitrogens with one attached hydrogen (secondary N) is 1. The molecule has 0 bridgehead atoms. The van der Waals surface area contributed by atoms with Crippen LogP contribution in [-0.4, -0.2) is 11.1 Å². The Hall–Kier alpha value is -2.79. The number of hydrogen-bond acceptors (Lipinski definition) is 3. The molecule has 0 amide bonds. The van der Waals surface area contributed by atoms with Crippen LogP contribution in [0.1, 0.15) is 21.5 Å². The first-order chi connectivity index (χ1) is 12.6. The molecule has 2 N–H and O–H groups in total. The number of aromatic carboxylic acids is 1. The SMILES string of the molecule is O=C(O)c1ccc(NCc2ccc(OCc3ccccc3)c(Br)c2)cc1. The molecule has 0 atom stereocenters. The van der Waals surface area contributed by atoms with Crippen LogP contribution in [0.4, 0.5) is 5.69 Å². The fourth-order valence-corrected chi connectivity index (χ4v) is 2.98. The van der Waals surface area contributed by atoms with Crippen LogP contribution < -0.4 is 10.1 Å². The van der Waals surface area contributed by atoms with Gasteiger partial charge in [-0.05, 0) is 63.5 Å². The topological polar surface area (TPSA) is 58.6 Å². The summed E-state index contributed by atoms with van der Waals surface area (Å²) in [6.45, 7) is 1.15. The molecule has 5 heteroatoms.